The van der Waals surface area contributed by atoms with Gasteiger partial charge in [0.2, 0.25) is 10.0 Å². The molecule has 0 atom stereocenters. The molecule has 9 heteroatoms. The zero-order valence-corrected chi connectivity index (χ0v) is 18.5. The number of hydrogen-bond acceptors (Lipinski definition) is 5. The van der Waals surface area contributed by atoms with E-state index in [1.54, 1.807) is 6.92 Å². The lowest BCUT2D eigenvalue weighted by molar-refractivity contribution is 0.0900. The van der Waals surface area contributed by atoms with E-state index in [1.165, 1.54) is 46.3 Å². The molecule has 0 aliphatic carbocycles. The van der Waals surface area contributed by atoms with Crippen molar-refractivity contribution in [2.45, 2.75) is 35.5 Å². The smallest absolute Gasteiger partial charge is 0.262 e. The fourth-order valence-corrected chi connectivity index (χ4v) is 4.70. The van der Waals surface area contributed by atoms with Gasteiger partial charge in [-0.05, 0) is 57.2 Å². The first kappa shape index (κ1) is 21.6. The number of hydrogen-bond donors (Lipinski definition) is 1. The average Bonchev–Trinajstić information content (AvgIpc) is 2.96. The van der Waals surface area contributed by atoms with Crippen LogP contribution in [0.2, 0.25) is 5.02 Å². The Labute approximate surface area is 179 Å². The van der Waals surface area contributed by atoms with Gasteiger partial charge >= 0.3 is 0 Å². The van der Waals surface area contributed by atoms with Crippen LogP contribution in [0.15, 0.2) is 63.2 Å². The maximum absolute atomic E-state index is 12.6. The molecule has 0 spiro atoms. The van der Waals surface area contributed by atoms with Gasteiger partial charge in [-0.2, -0.15) is 5.10 Å². The fourth-order valence-electron chi connectivity index (χ4n) is 2.67. The Hall–Kier alpha value is -2.13. The van der Waals surface area contributed by atoms with E-state index in [-0.39, 0.29) is 4.90 Å². The van der Waals surface area contributed by atoms with Crippen molar-refractivity contribution >= 4 is 39.3 Å². The molecule has 1 aromatic heterocycles. The van der Waals surface area contributed by atoms with E-state index in [2.05, 4.69) is 9.82 Å². The van der Waals surface area contributed by atoms with Crippen molar-refractivity contribution in [3.05, 3.63) is 70.5 Å². The highest BCUT2D eigenvalue weighted by molar-refractivity contribution is 7.99. The molecule has 2 aromatic carbocycles. The molecule has 0 saturated carbocycles. The predicted molar refractivity (Wildman–Crippen MR) is 114 cm³/mol. The number of nitrogens with one attached hydrogen (secondary N) is 1. The zero-order chi connectivity index (χ0) is 21.2. The summed E-state index contributed by atoms with van der Waals surface area (Å²) in [6.07, 6.45) is 0. The van der Waals surface area contributed by atoms with E-state index < -0.39 is 22.5 Å². The Morgan fingerprint density at radius 2 is 1.69 bits per heavy atom. The summed E-state index contributed by atoms with van der Waals surface area (Å²) in [4.78, 5) is 14.6. The number of rotatable bonds is 6. The van der Waals surface area contributed by atoms with Crippen molar-refractivity contribution in [2.24, 2.45) is 0 Å². The number of aryl methyl sites for hydroxylation is 2. The van der Waals surface area contributed by atoms with E-state index in [1.807, 2.05) is 38.1 Å². The molecule has 0 aliphatic rings. The highest BCUT2D eigenvalue weighted by Gasteiger charge is 2.20. The first-order valence-corrected chi connectivity index (χ1v) is 11.4. The Bertz CT molecular complexity index is 1140. The molecule has 6 nitrogen and oxygen atoms in total. The number of carbonyl (C=O) groups excluding carboxylic acids is 1. The minimum absolute atomic E-state index is 0.0404. The number of sulfonamides is 1. The minimum atomic E-state index is -3.82. The first-order valence-electron chi connectivity index (χ1n) is 8.76. The molecule has 1 heterocycles. The third kappa shape index (κ3) is 5.08. The molecule has 0 saturated heterocycles. The lowest BCUT2D eigenvalue weighted by Crippen LogP contribution is -2.33. The summed E-state index contributed by atoms with van der Waals surface area (Å²) in [5, 5.41) is 4.73. The first-order chi connectivity index (χ1) is 13.7. The maximum Gasteiger partial charge on any atom is 0.262 e. The molecule has 3 rings (SSSR count). The third-order valence-electron chi connectivity index (χ3n) is 4.24. The molecule has 0 bridgehead atoms. The highest BCUT2D eigenvalue weighted by atomic mass is 35.5. The Morgan fingerprint density at radius 1 is 1.07 bits per heavy atom. The maximum atomic E-state index is 12.6. The van der Waals surface area contributed by atoms with Crippen LogP contribution >= 0.6 is 23.4 Å². The zero-order valence-electron chi connectivity index (χ0n) is 16.1. The average molecular weight is 450 g/mol. The summed E-state index contributed by atoms with van der Waals surface area (Å²) < 4.78 is 28.3. The van der Waals surface area contributed by atoms with Gasteiger partial charge < -0.3 is 0 Å². The molecule has 29 heavy (non-hydrogen) atoms. The SMILES string of the molecule is Cc1ccc(Sc2c(C)nn(C(=O)CNS(=O)(=O)c3ccc(Cl)cc3)c2C)cc1. The summed E-state index contributed by atoms with van der Waals surface area (Å²) in [7, 11) is -3.82. The second-order valence-electron chi connectivity index (χ2n) is 6.50. The van der Waals surface area contributed by atoms with Crippen LogP contribution in [0.4, 0.5) is 0 Å². The Kier molecular flexibility index (Phi) is 6.48. The van der Waals surface area contributed by atoms with Crippen LogP contribution < -0.4 is 4.72 Å². The van der Waals surface area contributed by atoms with Crippen LogP contribution in [-0.2, 0) is 10.0 Å². The molecule has 0 unspecified atom stereocenters. The Balaban J connectivity index is 1.74. The highest BCUT2D eigenvalue weighted by Crippen LogP contribution is 2.32. The van der Waals surface area contributed by atoms with Crippen LogP contribution in [0.3, 0.4) is 0 Å². The van der Waals surface area contributed by atoms with Crippen molar-refractivity contribution in [3.63, 3.8) is 0 Å². The number of halogens is 1. The summed E-state index contributed by atoms with van der Waals surface area (Å²) in [6.45, 7) is 5.24. The minimum Gasteiger partial charge on any atom is -0.271 e. The van der Waals surface area contributed by atoms with Gasteiger partial charge in [0.25, 0.3) is 5.91 Å². The normalized spacial score (nSPS) is 11.6. The predicted octanol–water partition coefficient (Wildman–Crippen LogP) is 4.23. The standard InChI is InChI=1S/C20H20ClN3O3S2/c1-13-4-8-17(9-5-13)28-20-14(2)23-24(15(20)3)19(25)12-22-29(26,27)18-10-6-16(21)7-11-18/h4-11,22H,12H2,1-3H3. The van der Waals surface area contributed by atoms with Crippen molar-refractivity contribution in [2.75, 3.05) is 6.54 Å². The lowest BCUT2D eigenvalue weighted by Gasteiger charge is -2.08. The van der Waals surface area contributed by atoms with Gasteiger partial charge in [-0.1, -0.05) is 41.1 Å². The van der Waals surface area contributed by atoms with Gasteiger partial charge in [0.15, 0.2) is 0 Å². The molecule has 0 aliphatic heterocycles. The number of nitrogens with zero attached hydrogens (tertiary/aromatic N) is 2. The molecular weight excluding hydrogens is 430 g/mol. The van der Waals surface area contributed by atoms with Crippen LogP contribution in [-0.4, -0.2) is 30.7 Å². The molecule has 152 valence electrons. The Morgan fingerprint density at radius 3 is 2.31 bits per heavy atom. The van der Waals surface area contributed by atoms with Gasteiger partial charge in [-0.3, -0.25) is 4.79 Å². The van der Waals surface area contributed by atoms with Crippen molar-refractivity contribution in [3.8, 4) is 0 Å². The topological polar surface area (TPSA) is 81.1 Å². The van der Waals surface area contributed by atoms with Gasteiger partial charge in [0, 0.05) is 9.92 Å². The third-order valence-corrected chi connectivity index (χ3v) is 7.21. The molecule has 1 N–H and O–H groups in total. The van der Waals surface area contributed by atoms with Crippen LogP contribution in [0.1, 0.15) is 21.7 Å². The van der Waals surface area contributed by atoms with E-state index in [4.69, 9.17) is 11.6 Å². The van der Waals surface area contributed by atoms with Crippen molar-refractivity contribution < 1.29 is 13.2 Å². The van der Waals surface area contributed by atoms with Gasteiger partial charge in [0.1, 0.15) is 0 Å². The second kappa shape index (κ2) is 8.71. The van der Waals surface area contributed by atoms with Gasteiger partial charge in [-0.15, -0.1) is 0 Å². The summed E-state index contributed by atoms with van der Waals surface area (Å²) >= 11 is 7.31. The number of carbonyl (C=O) groups is 1. The van der Waals surface area contributed by atoms with Crippen LogP contribution in [0.25, 0.3) is 0 Å². The van der Waals surface area contributed by atoms with Crippen LogP contribution in [0.5, 0.6) is 0 Å². The molecule has 3 aromatic rings. The summed E-state index contributed by atoms with van der Waals surface area (Å²) in [5.74, 6) is -0.459. The van der Waals surface area contributed by atoms with E-state index >= 15 is 0 Å². The number of benzene rings is 2. The number of aromatic nitrogens is 2. The molecular formula is C20H20ClN3O3S2. The van der Waals surface area contributed by atoms with Gasteiger partial charge in [-0.25, -0.2) is 17.8 Å². The molecule has 0 fully saturated rings. The monoisotopic (exact) mass is 449 g/mol. The molecule has 0 radical (unpaired) electrons. The lowest BCUT2D eigenvalue weighted by atomic mass is 10.2. The van der Waals surface area contributed by atoms with E-state index in [0.29, 0.717) is 16.4 Å². The second-order valence-corrected chi connectivity index (χ2v) is 9.79. The summed E-state index contributed by atoms with van der Waals surface area (Å²) in [6, 6.07) is 13.8. The van der Waals surface area contributed by atoms with E-state index in [9.17, 15) is 13.2 Å². The van der Waals surface area contributed by atoms with Gasteiger partial charge in [0.05, 0.1) is 27.7 Å². The van der Waals surface area contributed by atoms with Crippen molar-refractivity contribution in [1.29, 1.82) is 0 Å². The van der Waals surface area contributed by atoms with Crippen molar-refractivity contribution in [1.82, 2.24) is 14.5 Å². The van der Waals surface area contributed by atoms with E-state index in [0.717, 1.165) is 9.79 Å². The quantitative estimate of drug-likeness (QED) is 0.609. The summed E-state index contributed by atoms with van der Waals surface area (Å²) in [5.41, 5.74) is 2.55. The largest absolute Gasteiger partial charge is 0.271 e. The molecule has 0 amide bonds. The fraction of sp³-hybridized carbons (Fsp3) is 0.200. The van der Waals surface area contributed by atoms with Crippen LogP contribution in [0, 0.1) is 20.8 Å².